The molecule has 0 aromatic heterocycles. The van der Waals surface area contributed by atoms with Crippen molar-refractivity contribution in [3.8, 4) is 0 Å². The number of unbranched alkanes of at least 4 members (excludes halogenated alkanes) is 8. The molecule has 0 bridgehead atoms. The quantitative estimate of drug-likeness (QED) is 0.0865. The molecular weight excluding hydrogens is 450 g/mol. The summed E-state index contributed by atoms with van der Waals surface area (Å²) < 4.78 is 42.4. The normalized spacial score (nSPS) is 11.5. The van der Waals surface area contributed by atoms with Crippen LogP contribution in [0.3, 0.4) is 0 Å². The predicted molar refractivity (Wildman–Crippen MR) is 127 cm³/mol. The lowest BCUT2D eigenvalue weighted by molar-refractivity contribution is -0.890. The van der Waals surface area contributed by atoms with E-state index in [9.17, 15) is 22.6 Å². The summed E-state index contributed by atoms with van der Waals surface area (Å²) in [5, 5.41) is 0. The maximum Gasteiger partial charge on any atom is 0.305 e. The van der Waals surface area contributed by atoms with Gasteiger partial charge in [-0.15, -0.1) is 0 Å². The first-order valence-electron chi connectivity index (χ1n) is 12.1. The number of hydrogen-bond acceptors (Lipinski definition) is 8. The largest absolute Gasteiger partial charge is 0.726 e. The molecular formula is C23H47NO8S. The molecule has 0 amide bonds. The second-order valence-electron chi connectivity index (χ2n) is 8.73. The lowest BCUT2D eigenvalue weighted by Gasteiger charge is -2.29. The van der Waals surface area contributed by atoms with Crippen LogP contribution in [-0.4, -0.2) is 76.9 Å². The van der Waals surface area contributed by atoms with Crippen molar-refractivity contribution in [2.24, 2.45) is 0 Å². The highest BCUT2D eigenvalue weighted by Crippen LogP contribution is 2.07. The average Bonchev–Trinajstić information content (AvgIpc) is 2.73. The van der Waals surface area contributed by atoms with Gasteiger partial charge in [-0.2, -0.15) is 0 Å². The van der Waals surface area contributed by atoms with Crippen molar-refractivity contribution in [2.75, 3.05) is 47.5 Å². The zero-order valence-corrected chi connectivity index (χ0v) is 22.3. The second kappa shape index (κ2) is 21.3. The van der Waals surface area contributed by atoms with Crippen molar-refractivity contribution in [3.63, 3.8) is 0 Å². The number of carbonyl (C=O) groups excluding carboxylic acids is 2. The van der Waals surface area contributed by atoms with E-state index in [0.717, 1.165) is 45.9 Å². The number of hydrogen-bond donors (Lipinski definition) is 0. The van der Waals surface area contributed by atoms with E-state index in [2.05, 4.69) is 32.1 Å². The summed E-state index contributed by atoms with van der Waals surface area (Å²) in [5.41, 5.74) is 0. The van der Waals surface area contributed by atoms with E-state index in [1.165, 1.54) is 38.5 Å². The molecule has 0 N–H and O–H groups in total. The Hall–Kier alpha value is -1.23. The van der Waals surface area contributed by atoms with Crippen molar-refractivity contribution < 1.29 is 40.7 Å². The first-order valence-corrected chi connectivity index (χ1v) is 13.5. The van der Waals surface area contributed by atoms with Crippen LogP contribution < -0.4 is 0 Å². The van der Waals surface area contributed by atoms with Crippen LogP contribution in [-0.2, 0) is 33.6 Å². The highest BCUT2D eigenvalue weighted by molar-refractivity contribution is 7.80. The Bertz CT molecular complexity index is 559. The van der Waals surface area contributed by atoms with Gasteiger partial charge in [0.15, 0.2) is 0 Å². The highest BCUT2D eigenvalue weighted by Gasteiger charge is 2.17. The molecule has 0 aromatic rings. The van der Waals surface area contributed by atoms with E-state index < -0.39 is 10.4 Å². The Balaban J connectivity index is 0. The minimum Gasteiger partial charge on any atom is -0.726 e. The molecule has 0 aromatic carbocycles. The summed E-state index contributed by atoms with van der Waals surface area (Å²) in [6, 6.07) is 0. The van der Waals surface area contributed by atoms with Crippen LogP contribution in [0, 0.1) is 0 Å². The number of likely N-dealkylation sites (N-methyl/N-ethyl adjacent to an activating group) is 1. The smallest absolute Gasteiger partial charge is 0.305 e. The van der Waals surface area contributed by atoms with Gasteiger partial charge in [0.05, 0.1) is 21.2 Å². The SMILES string of the molecule is CCCCCCCC(=O)OCC[N+](C)(C)CCOC(=O)CCCCCCC.COS(=O)(=O)[O-]. The molecule has 0 aliphatic heterocycles. The van der Waals surface area contributed by atoms with E-state index in [1.54, 1.807) is 0 Å². The lowest BCUT2D eigenvalue weighted by Crippen LogP contribution is -2.45. The average molecular weight is 498 g/mol. The minimum atomic E-state index is -4.41. The topological polar surface area (TPSA) is 119 Å². The van der Waals surface area contributed by atoms with Gasteiger partial charge >= 0.3 is 11.9 Å². The second-order valence-corrected chi connectivity index (χ2v) is 9.88. The van der Waals surface area contributed by atoms with Crippen LogP contribution in [0.15, 0.2) is 0 Å². The maximum atomic E-state index is 11.7. The minimum absolute atomic E-state index is 0.0963. The number of rotatable bonds is 19. The Labute approximate surface area is 201 Å². The molecule has 0 spiro atoms. The number of carbonyl (C=O) groups is 2. The summed E-state index contributed by atoms with van der Waals surface area (Å²) in [4.78, 5) is 23.5. The van der Waals surface area contributed by atoms with E-state index in [1.807, 2.05) is 0 Å². The van der Waals surface area contributed by atoms with Crippen molar-refractivity contribution in [1.29, 1.82) is 0 Å². The van der Waals surface area contributed by atoms with Crippen LogP contribution in [0.2, 0.25) is 0 Å². The molecule has 0 unspecified atom stereocenters. The highest BCUT2D eigenvalue weighted by atomic mass is 32.3. The fraction of sp³-hybridized carbons (Fsp3) is 0.913. The molecule has 10 heteroatoms. The van der Waals surface area contributed by atoms with Gasteiger partial charge in [-0.1, -0.05) is 65.2 Å². The molecule has 198 valence electrons. The van der Waals surface area contributed by atoms with E-state index in [-0.39, 0.29) is 11.9 Å². The number of ether oxygens (including phenoxy) is 2. The Morgan fingerprint density at radius 3 is 1.36 bits per heavy atom. The molecule has 0 aliphatic carbocycles. The van der Waals surface area contributed by atoms with Crippen LogP contribution in [0.1, 0.15) is 90.9 Å². The van der Waals surface area contributed by atoms with Crippen LogP contribution >= 0.6 is 0 Å². The van der Waals surface area contributed by atoms with Crippen molar-refractivity contribution in [1.82, 2.24) is 0 Å². The monoisotopic (exact) mass is 497 g/mol. The summed E-state index contributed by atoms with van der Waals surface area (Å²) in [5.74, 6) is -0.193. The molecule has 0 atom stereocenters. The van der Waals surface area contributed by atoms with Crippen LogP contribution in [0.4, 0.5) is 0 Å². The first-order chi connectivity index (χ1) is 15.5. The first kappa shape index (κ1) is 33.9. The van der Waals surface area contributed by atoms with Gasteiger partial charge in [0, 0.05) is 12.8 Å². The van der Waals surface area contributed by atoms with Gasteiger partial charge in [0.2, 0.25) is 10.4 Å². The van der Waals surface area contributed by atoms with Gasteiger partial charge in [-0.3, -0.25) is 13.8 Å². The Morgan fingerprint density at radius 1 is 0.727 bits per heavy atom. The van der Waals surface area contributed by atoms with E-state index >= 15 is 0 Å². The fourth-order valence-corrected chi connectivity index (χ4v) is 2.82. The summed E-state index contributed by atoms with van der Waals surface area (Å²) in [6.45, 7) is 6.68. The third-order valence-electron chi connectivity index (χ3n) is 5.09. The molecule has 0 saturated heterocycles. The van der Waals surface area contributed by atoms with Gasteiger partial charge < -0.3 is 18.5 Å². The molecule has 0 heterocycles. The van der Waals surface area contributed by atoms with Gasteiger partial charge in [-0.05, 0) is 12.8 Å². The summed E-state index contributed by atoms with van der Waals surface area (Å²) in [6.07, 6.45) is 12.4. The maximum absolute atomic E-state index is 11.7. The van der Waals surface area contributed by atoms with Crippen LogP contribution in [0.5, 0.6) is 0 Å². The van der Waals surface area contributed by atoms with Gasteiger partial charge in [-0.25, -0.2) is 8.42 Å². The Morgan fingerprint density at radius 2 is 1.06 bits per heavy atom. The van der Waals surface area contributed by atoms with Crippen molar-refractivity contribution >= 4 is 22.3 Å². The molecule has 0 aliphatic rings. The third kappa shape index (κ3) is 28.7. The molecule has 33 heavy (non-hydrogen) atoms. The summed E-state index contributed by atoms with van der Waals surface area (Å²) in [7, 11) is 0.529. The van der Waals surface area contributed by atoms with E-state index in [0.29, 0.717) is 30.5 Å². The van der Waals surface area contributed by atoms with Crippen molar-refractivity contribution in [3.05, 3.63) is 0 Å². The van der Waals surface area contributed by atoms with Crippen molar-refractivity contribution in [2.45, 2.75) is 90.9 Å². The molecule has 0 fully saturated rings. The van der Waals surface area contributed by atoms with E-state index in [4.69, 9.17) is 9.47 Å². The number of nitrogens with zero attached hydrogens (tertiary/aromatic N) is 1. The zero-order valence-electron chi connectivity index (χ0n) is 21.4. The molecule has 0 radical (unpaired) electrons. The fourth-order valence-electron chi connectivity index (χ4n) is 2.82. The Kier molecular flexibility index (Phi) is 21.9. The molecule has 0 saturated carbocycles. The van der Waals surface area contributed by atoms with Crippen LogP contribution in [0.25, 0.3) is 0 Å². The summed E-state index contributed by atoms with van der Waals surface area (Å²) >= 11 is 0. The number of esters is 2. The third-order valence-corrected chi connectivity index (χ3v) is 5.50. The molecule has 9 nitrogen and oxygen atoms in total. The van der Waals surface area contributed by atoms with Gasteiger partial charge in [0.25, 0.3) is 0 Å². The molecule has 0 rings (SSSR count). The number of quaternary nitrogens is 1. The van der Waals surface area contributed by atoms with Gasteiger partial charge in [0.1, 0.15) is 26.3 Å². The lowest BCUT2D eigenvalue weighted by atomic mass is 10.1. The predicted octanol–water partition coefficient (Wildman–Crippen LogP) is 3.96. The standard InChI is InChI=1S/C22H44NO4.CH4O4S/c1-5-7-9-11-13-15-21(24)26-19-17-23(3,4)18-20-27-22(25)16-14-12-10-8-6-2;1-5-6(2,3)4/h5-20H2,1-4H3;1H3,(H,2,3,4)/q+1;/p-1. The zero-order chi connectivity index (χ0) is 25.6.